The van der Waals surface area contributed by atoms with E-state index in [2.05, 4.69) is 10.3 Å². The number of nitrogens with one attached hydrogen (secondary N) is 1. The predicted octanol–water partition coefficient (Wildman–Crippen LogP) is 6.24. The van der Waals surface area contributed by atoms with E-state index in [1.54, 1.807) is 4.90 Å². The summed E-state index contributed by atoms with van der Waals surface area (Å²) in [6.45, 7) is 2.56. The molecule has 0 aliphatic rings. The van der Waals surface area contributed by atoms with Crippen molar-refractivity contribution in [2.75, 3.05) is 16.8 Å². The molecule has 0 aliphatic heterocycles. The summed E-state index contributed by atoms with van der Waals surface area (Å²) in [6, 6.07) is 24.5. The molecule has 2 amide bonds. The van der Waals surface area contributed by atoms with E-state index in [-0.39, 0.29) is 18.2 Å². The number of carbonyl (C=O) groups excluding carboxylic acids is 2. The zero-order chi connectivity index (χ0) is 23.9. The highest BCUT2D eigenvalue weighted by molar-refractivity contribution is 7.13. The van der Waals surface area contributed by atoms with Crippen molar-refractivity contribution in [1.82, 2.24) is 4.98 Å². The fourth-order valence-corrected chi connectivity index (χ4v) is 4.74. The molecule has 1 heterocycles. The number of rotatable bonds is 8. The van der Waals surface area contributed by atoms with Crippen LogP contribution in [0.2, 0.25) is 5.02 Å². The Balaban J connectivity index is 1.33. The number of aromatic nitrogens is 1. The second kappa shape index (κ2) is 11.1. The molecule has 0 radical (unpaired) electrons. The van der Waals surface area contributed by atoms with Gasteiger partial charge in [0.2, 0.25) is 11.8 Å². The van der Waals surface area contributed by atoms with Crippen molar-refractivity contribution < 1.29 is 9.59 Å². The number of amides is 2. The molecule has 0 spiro atoms. The minimum atomic E-state index is -0.152. The van der Waals surface area contributed by atoms with Gasteiger partial charge in [0.1, 0.15) is 5.01 Å². The van der Waals surface area contributed by atoms with Gasteiger partial charge in [-0.1, -0.05) is 60.1 Å². The van der Waals surface area contributed by atoms with Crippen molar-refractivity contribution in [3.8, 4) is 10.6 Å². The minimum absolute atomic E-state index is 0.0309. The molecule has 4 aromatic rings. The van der Waals surface area contributed by atoms with Gasteiger partial charge in [-0.2, -0.15) is 0 Å². The Labute approximate surface area is 208 Å². The molecule has 0 unspecified atom stereocenters. The Kier molecular flexibility index (Phi) is 7.72. The average molecular weight is 490 g/mol. The van der Waals surface area contributed by atoms with Crippen molar-refractivity contribution in [2.45, 2.75) is 19.8 Å². The quantitative estimate of drug-likeness (QED) is 0.318. The second-order valence-electron chi connectivity index (χ2n) is 7.70. The lowest BCUT2D eigenvalue weighted by Crippen LogP contribution is -2.31. The highest BCUT2D eigenvalue weighted by atomic mass is 35.5. The zero-order valence-corrected chi connectivity index (χ0v) is 20.3. The normalized spacial score (nSPS) is 10.6. The SMILES string of the molecule is CCN(C(=O)Cc1ccc(NC(=O)Cc2csc(-c3ccccc3Cl)n2)cc1)c1ccccc1. The van der Waals surface area contributed by atoms with E-state index in [9.17, 15) is 9.59 Å². The van der Waals surface area contributed by atoms with E-state index in [4.69, 9.17) is 11.6 Å². The molecule has 4 rings (SSSR count). The lowest BCUT2D eigenvalue weighted by molar-refractivity contribution is -0.118. The van der Waals surface area contributed by atoms with Crippen molar-refractivity contribution in [3.05, 3.63) is 101 Å². The number of nitrogens with zero attached hydrogens (tertiary/aromatic N) is 2. The van der Waals surface area contributed by atoms with E-state index in [0.29, 0.717) is 29.4 Å². The molecular weight excluding hydrogens is 466 g/mol. The lowest BCUT2D eigenvalue weighted by Gasteiger charge is -2.21. The molecular formula is C27H24ClN3O2S. The third-order valence-corrected chi connectivity index (χ3v) is 6.53. The Morgan fingerprint density at radius 2 is 1.65 bits per heavy atom. The maximum absolute atomic E-state index is 12.8. The third kappa shape index (κ3) is 5.90. The topological polar surface area (TPSA) is 62.3 Å². The maximum atomic E-state index is 12.8. The van der Waals surface area contributed by atoms with Gasteiger partial charge in [-0.3, -0.25) is 9.59 Å². The number of halogens is 1. The fraction of sp³-hybridized carbons (Fsp3) is 0.148. The first kappa shape index (κ1) is 23.7. The molecule has 0 atom stereocenters. The van der Waals surface area contributed by atoms with Crippen LogP contribution in [-0.2, 0) is 22.4 Å². The second-order valence-corrected chi connectivity index (χ2v) is 8.96. The van der Waals surface area contributed by atoms with Crippen LogP contribution in [0.3, 0.4) is 0 Å². The van der Waals surface area contributed by atoms with Crippen molar-refractivity contribution in [3.63, 3.8) is 0 Å². The zero-order valence-electron chi connectivity index (χ0n) is 18.7. The number of benzene rings is 3. The van der Waals surface area contributed by atoms with E-state index in [0.717, 1.165) is 21.8 Å². The highest BCUT2D eigenvalue weighted by Gasteiger charge is 2.15. The molecule has 0 saturated carbocycles. The van der Waals surface area contributed by atoms with Gasteiger partial charge in [0.05, 0.1) is 23.6 Å². The van der Waals surface area contributed by atoms with Crippen LogP contribution in [0.25, 0.3) is 10.6 Å². The standard InChI is InChI=1S/C27H24ClN3O2S/c1-2-31(22-8-4-3-5-9-22)26(33)16-19-12-14-20(15-13-19)29-25(32)17-21-18-34-27(30-21)23-10-6-7-11-24(23)28/h3-15,18H,2,16-17H2,1H3,(H,29,32). The van der Waals surface area contributed by atoms with Crippen LogP contribution < -0.4 is 10.2 Å². The van der Waals surface area contributed by atoms with Crippen LogP contribution in [-0.4, -0.2) is 23.3 Å². The lowest BCUT2D eigenvalue weighted by atomic mass is 10.1. The molecule has 0 bridgehead atoms. The fourth-order valence-electron chi connectivity index (χ4n) is 3.60. The van der Waals surface area contributed by atoms with Gasteiger partial charge < -0.3 is 10.2 Å². The van der Waals surface area contributed by atoms with Gasteiger partial charge in [-0.25, -0.2) is 4.98 Å². The molecule has 1 aromatic heterocycles. The maximum Gasteiger partial charge on any atom is 0.231 e. The number of anilines is 2. The molecule has 7 heteroatoms. The Bertz CT molecular complexity index is 1270. The van der Waals surface area contributed by atoms with E-state index in [1.165, 1.54) is 11.3 Å². The average Bonchev–Trinajstić information content (AvgIpc) is 3.30. The van der Waals surface area contributed by atoms with Crippen LogP contribution in [0.5, 0.6) is 0 Å². The first-order valence-electron chi connectivity index (χ1n) is 11.0. The Morgan fingerprint density at radius 1 is 0.941 bits per heavy atom. The Hall–Kier alpha value is -3.48. The first-order valence-corrected chi connectivity index (χ1v) is 12.2. The van der Waals surface area contributed by atoms with Crippen LogP contribution >= 0.6 is 22.9 Å². The molecule has 0 aliphatic carbocycles. The largest absolute Gasteiger partial charge is 0.326 e. The molecule has 1 N–H and O–H groups in total. The molecule has 5 nitrogen and oxygen atoms in total. The minimum Gasteiger partial charge on any atom is -0.326 e. The van der Waals surface area contributed by atoms with Crippen LogP contribution in [0, 0.1) is 0 Å². The van der Waals surface area contributed by atoms with E-state index in [1.807, 2.05) is 91.2 Å². The molecule has 0 fully saturated rings. The molecule has 172 valence electrons. The predicted molar refractivity (Wildman–Crippen MR) is 140 cm³/mol. The van der Waals surface area contributed by atoms with Crippen LogP contribution in [0.15, 0.2) is 84.2 Å². The summed E-state index contributed by atoms with van der Waals surface area (Å²) in [4.78, 5) is 31.6. The summed E-state index contributed by atoms with van der Waals surface area (Å²) in [5.74, 6) is -0.121. The summed E-state index contributed by atoms with van der Waals surface area (Å²) in [7, 11) is 0. The monoisotopic (exact) mass is 489 g/mol. The van der Waals surface area contributed by atoms with Crippen LogP contribution in [0.1, 0.15) is 18.2 Å². The number of hydrogen-bond donors (Lipinski definition) is 1. The van der Waals surface area contributed by atoms with Crippen molar-refractivity contribution in [1.29, 1.82) is 0 Å². The number of thiazole rings is 1. The first-order chi connectivity index (χ1) is 16.5. The van der Waals surface area contributed by atoms with Crippen molar-refractivity contribution in [2.24, 2.45) is 0 Å². The smallest absolute Gasteiger partial charge is 0.231 e. The summed E-state index contributed by atoms with van der Waals surface area (Å²) in [5.41, 5.74) is 4.01. The van der Waals surface area contributed by atoms with Gasteiger partial charge >= 0.3 is 0 Å². The van der Waals surface area contributed by atoms with Gasteiger partial charge in [-0.05, 0) is 42.8 Å². The molecule has 3 aromatic carbocycles. The summed E-state index contributed by atoms with van der Waals surface area (Å²) in [6.07, 6.45) is 0.463. The van der Waals surface area contributed by atoms with Gasteiger partial charge in [0.15, 0.2) is 0 Å². The van der Waals surface area contributed by atoms with E-state index < -0.39 is 0 Å². The highest BCUT2D eigenvalue weighted by Crippen LogP contribution is 2.30. The van der Waals surface area contributed by atoms with Gasteiger partial charge in [-0.15, -0.1) is 11.3 Å². The summed E-state index contributed by atoms with van der Waals surface area (Å²) < 4.78 is 0. The van der Waals surface area contributed by atoms with Crippen molar-refractivity contribution >= 4 is 46.1 Å². The van der Waals surface area contributed by atoms with Gasteiger partial charge in [0.25, 0.3) is 0 Å². The third-order valence-electron chi connectivity index (χ3n) is 5.28. The summed E-state index contributed by atoms with van der Waals surface area (Å²) in [5, 5.41) is 6.20. The Morgan fingerprint density at radius 3 is 2.35 bits per heavy atom. The van der Waals surface area contributed by atoms with Gasteiger partial charge in [0, 0.05) is 28.9 Å². The number of likely N-dealkylation sites (N-methyl/N-ethyl adjacent to an activating group) is 1. The number of para-hydroxylation sites is 1. The summed E-state index contributed by atoms with van der Waals surface area (Å²) >= 11 is 7.71. The number of carbonyl (C=O) groups is 2. The molecule has 0 saturated heterocycles. The van der Waals surface area contributed by atoms with Crippen LogP contribution in [0.4, 0.5) is 11.4 Å². The van der Waals surface area contributed by atoms with E-state index >= 15 is 0 Å². The number of hydrogen-bond acceptors (Lipinski definition) is 4. The molecule has 34 heavy (non-hydrogen) atoms.